The standard InChI is InChI=1S/C7H6ClN3S/c8-2-4-12-7-1-3-10-6(5-9)11-7/h1,3H,2,4H2. The Morgan fingerprint density at radius 1 is 1.67 bits per heavy atom. The molecule has 1 aromatic heterocycles. The number of rotatable bonds is 3. The summed E-state index contributed by atoms with van der Waals surface area (Å²) in [5, 5.41) is 9.27. The van der Waals surface area contributed by atoms with E-state index in [0.29, 0.717) is 5.88 Å². The second-order valence-electron chi connectivity index (χ2n) is 1.87. The topological polar surface area (TPSA) is 49.6 Å². The van der Waals surface area contributed by atoms with Gasteiger partial charge >= 0.3 is 0 Å². The van der Waals surface area contributed by atoms with Crippen LogP contribution in [-0.2, 0) is 0 Å². The molecule has 0 aliphatic heterocycles. The third-order valence-electron chi connectivity index (χ3n) is 1.06. The average molecular weight is 200 g/mol. The number of nitriles is 1. The van der Waals surface area contributed by atoms with E-state index in [4.69, 9.17) is 16.9 Å². The number of thioether (sulfide) groups is 1. The Balaban J connectivity index is 2.68. The molecule has 1 rings (SSSR count). The fourth-order valence-corrected chi connectivity index (χ4v) is 1.45. The zero-order chi connectivity index (χ0) is 8.81. The lowest BCUT2D eigenvalue weighted by molar-refractivity contribution is 1.01. The van der Waals surface area contributed by atoms with Crippen molar-refractivity contribution in [3.05, 3.63) is 18.1 Å². The van der Waals surface area contributed by atoms with Crippen molar-refractivity contribution < 1.29 is 0 Å². The Hall–Kier alpha value is -0.790. The largest absolute Gasteiger partial charge is 0.233 e. The van der Waals surface area contributed by atoms with Crippen molar-refractivity contribution in [1.29, 1.82) is 5.26 Å². The zero-order valence-corrected chi connectivity index (χ0v) is 7.77. The van der Waals surface area contributed by atoms with Gasteiger partial charge in [0, 0.05) is 17.8 Å². The first-order chi connectivity index (χ1) is 5.86. The molecule has 0 aromatic carbocycles. The van der Waals surface area contributed by atoms with E-state index in [1.807, 2.05) is 6.07 Å². The number of nitrogens with zero attached hydrogens (tertiary/aromatic N) is 3. The molecule has 0 atom stereocenters. The predicted octanol–water partition coefficient (Wildman–Crippen LogP) is 1.68. The normalized spacial score (nSPS) is 9.33. The number of halogens is 1. The molecule has 12 heavy (non-hydrogen) atoms. The van der Waals surface area contributed by atoms with Gasteiger partial charge in [0.15, 0.2) is 0 Å². The molecule has 0 unspecified atom stereocenters. The van der Waals surface area contributed by atoms with Crippen LogP contribution in [0.2, 0.25) is 0 Å². The Morgan fingerprint density at radius 3 is 3.17 bits per heavy atom. The first-order valence-corrected chi connectivity index (χ1v) is 4.80. The number of aromatic nitrogens is 2. The van der Waals surface area contributed by atoms with E-state index in [1.54, 1.807) is 12.3 Å². The highest BCUT2D eigenvalue weighted by Crippen LogP contribution is 2.13. The van der Waals surface area contributed by atoms with Gasteiger partial charge in [0.25, 0.3) is 0 Å². The van der Waals surface area contributed by atoms with Crippen molar-refractivity contribution in [2.45, 2.75) is 5.03 Å². The van der Waals surface area contributed by atoms with Gasteiger partial charge in [0.1, 0.15) is 11.1 Å². The van der Waals surface area contributed by atoms with E-state index in [9.17, 15) is 0 Å². The molecular weight excluding hydrogens is 194 g/mol. The molecule has 1 heterocycles. The second kappa shape index (κ2) is 4.96. The summed E-state index contributed by atoms with van der Waals surface area (Å²) < 4.78 is 0. The molecule has 0 saturated heterocycles. The molecule has 0 N–H and O–H groups in total. The van der Waals surface area contributed by atoms with Crippen LogP contribution in [0, 0.1) is 11.3 Å². The maximum atomic E-state index is 8.48. The van der Waals surface area contributed by atoms with Gasteiger partial charge in [-0.3, -0.25) is 0 Å². The molecule has 62 valence electrons. The first kappa shape index (κ1) is 9.30. The van der Waals surface area contributed by atoms with Crippen LogP contribution in [0.15, 0.2) is 17.3 Å². The van der Waals surface area contributed by atoms with E-state index >= 15 is 0 Å². The Bertz CT molecular complexity index is 297. The smallest absolute Gasteiger partial charge is 0.227 e. The summed E-state index contributed by atoms with van der Waals surface area (Å²) in [4.78, 5) is 7.71. The van der Waals surface area contributed by atoms with Crippen LogP contribution in [0.1, 0.15) is 5.82 Å². The SMILES string of the molecule is N#Cc1nccc(SCCCl)n1. The van der Waals surface area contributed by atoms with Crippen molar-refractivity contribution in [2.75, 3.05) is 11.6 Å². The Morgan fingerprint density at radius 2 is 2.50 bits per heavy atom. The lowest BCUT2D eigenvalue weighted by Crippen LogP contribution is -1.90. The fourth-order valence-electron chi connectivity index (χ4n) is 0.620. The van der Waals surface area contributed by atoms with Crippen molar-refractivity contribution >= 4 is 23.4 Å². The summed E-state index contributed by atoms with van der Waals surface area (Å²) in [7, 11) is 0. The van der Waals surface area contributed by atoms with Gasteiger partial charge in [-0.2, -0.15) is 5.26 Å². The minimum absolute atomic E-state index is 0.203. The quantitative estimate of drug-likeness (QED) is 0.422. The van der Waals surface area contributed by atoms with Gasteiger partial charge in [-0.25, -0.2) is 9.97 Å². The molecule has 0 amide bonds. The summed E-state index contributed by atoms with van der Waals surface area (Å²) in [5.41, 5.74) is 0. The number of hydrogen-bond acceptors (Lipinski definition) is 4. The maximum Gasteiger partial charge on any atom is 0.233 e. The van der Waals surface area contributed by atoms with Crippen molar-refractivity contribution in [2.24, 2.45) is 0 Å². The first-order valence-electron chi connectivity index (χ1n) is 3.28. The fraction of sp³-hybridized carbons (Fsp3) is 0.286. The molecule has 5 heteroatoms. The van der Waals surface area contributed by atoms with Crippen molar-refractivity contribution in [3.63, 3.8) is 0 Å². The van der Waals surface area contributed by atoms with Crippen LogP contribution in [-0.4, -0.2) is 21.6 Å². The van der Waals surface area contributed by atoms with Gasteiger partial charge < -0.3 is 0 Å². The third-order valence-corrected chi connectivity index (χ3v) is 2.40. The van der Waals surface area contributed by atoms with E-state index in [-0.39, 0.29) is 5.82 Å². The molecule has 0 aliphatic carbocycles. The predicted molar refractivity (Wildman–Crippen MR) is 48.2 cm³/mol. The van der Waals surface area contributed by atoms with Crippen LogP contribution < -0.4 is 0 Å². The molecule has 0 bridgehead atoms. The Kier molecular flexibility index (Phi) is 3.85. The lowest BCUT2D eigenvalue weighted by Gasteiger charge is -1.96. The summed E-state index contributed by atoms with van der Waals surface area (Å²) in [6, 6.07) is 3.64. The molecule has 1 aromatic rings. The molecule has 0 aliphatic rings. The lowest BCUT2D eigenvalue weighted by atomic mass is 10.6. The molecule has 0 spiro atoms. The third kappa shape index (κ3) is 2.68. The van der Waals surface area contributed by atoms with Crippen LogP contribution in [0.3, 0.4) is 0 Å². The number of hydrogen-bond donors (Lipinski definition) is 0. The van der Waals surface area contributed by atoms with Crippen molar-refractivity contribution in [1.82, 2.24) is 9.97 Å². The monoisotopic (exact) mass is 199 g/mol. The van der Waals surface area contributed by atoms with Crippen LogP contribution in [0.25, 0.3) is 0 Å². The molecule has 3 nitrogen and oxygen atoms in total. The number of alkyl halides is 1. The van der Waals surface area contributed by atoms with E-state index < -0.39 is 0 Å². The maximum absolute atomic E-state index is 8.48. The van der Waals surface area contributed by atoms with Crippen LogP contribution >= 0.6 is 23.4 Å². The van der Waals surface area contributed by atoms with Gasteiger partial charge in [-0.15, -0.1) is 23.4 Å². The average Bonchev–Trinajstić information content (AvgIpc) is 2.15. The van der Waals surface area contributed by atoms with E-state index in [1.165, 1.54) is 11.8 Å². The van der Waals surface area contributed by atoms with Crippen molar-refractivity contribution in [3.8, 4) is 6.07 Å². The summed E-state index contributed by atoms with van der Waals surface area (Å²) in [5.74, 6) is 1.58. The Labute approximate surface area is 79.8 Å². The molecule has 0 saturated carbocycles. The second-order valence-corrected chi connectivity index (χ2v) is 3.36. The van der Waals surface area contributed by atoms with Crippen LogP contribution in [0.5, 0.6) is 0 Å². The molecular formula is C7H6ClN3S. The highest BCUT2D eigenvalue weighted by molar-refractivity contribution is 7.99. The van der Waals surface area contributed by atoms with Gasteiger partial charge in [-0.1, -0.05) is 0 Å². The van der Waals surface area contributed by atoms with E-state index in [0.717, 1.165) is 10.8 Å². The minimum atomic E-state index is 0.203. The van der Waals surface area contributed by atoms with Gasteiger partial charge in [0.2, 0.25) is 5.82 Å². The van der Waals surface area contributed by atoms with Gasteiger partial charge in [-0.05, 0) is 6.07 Å². The highest BCUT2D eigenvalue weighted by atomic mass is 35.5. The van der Waals surface area contributed by atoms with E-state index in [2.05, 4.69) is 9.97 Å². The molecule has 0 radical (unpaired) electrons. The van der Waals surface area contributed by atoms with Gasteiger partial charge in [0.05, 0.1) is 0 Å². The zero-order valence-electron chi connectivity index (χ0n) is 6.20. The summed E-state index contributed by atoms with van der Waals surface area (Å²) in [6.07, 6.45) is 1.57. The highest BCUT2D eigenvalue weighted by Gasteiger charge is 1.97. The van der Waals surface area contributed by atoms with Crippen LogP contribution in [0.4, 0.5) is 0 Å². The minimum Gasteiger partial charge on any atom is -0.227 e. The summed E-state index contributed by atoms with van der Waals surface area (Å²) in [6.45, 7) is 0. The summed E-state index contributed by atoms with van der Waals surface area (Å²) >= 11 is 7.01. The molecule has 0 fully saturated rings.